The summed E-state index contributed by atoms with van der Waals surface area (Å²) in [5.74, 6) is 0.957. The van der Waals surface area contributed by atoms with Crippen molar-refractivity contribution >= 4 is 0 Å². The number of nitrogens with one attached hydrogen (secondary N) is 1. The fraction of sp³-hybridized carbons (Fsp3) is 0.625. The molecule has 3 heteroatoms. The zero-order valence-electron chi connectivity index (χ0n) is 12.9. The molecule has 19 heavy (non-hydrogen) atoms. The van der Waals surface area contributed by atoms with Gasteiger partial charge in [0, 0.05) is 5.54 Å². The Hall–Kier alpha value is -1.06. The predicted molar refractivity (Wildman–Crippen MR) is 78.1 cm³/mol. The molecule has 1 aliphatic heterocycles. The van der Waals surface area contributed by atoms with Crippen LogP contribution in [0.15, 0.2) is 12.1 Å². The van der Waals surface area contributed by atoms with Gasteiger partial charge in [-0.3, -0.25) is 0 Å². The summed E-state index contributed by atoms with van der Waals surface area (Å²) in [6.07, 6.45) is 0. The molecule has 0 radical (unpaired) electrons. The molecule has 0 aliphatic carbocycles. The largest absolute Gasteiger partial charge is 0.496 e. The fourth-order valence-electron chi connectivity index (χ4n) is 2.92. The molecule has 0 aromatic heterocycles. The average molecular weight is 263 g/mol. The van der Waals surface area contributed by atoms with Gasteiger partial charge in [0.05, 0.1) is 25.7 Å². The Morgan fingerprint density at radius 3 is 2.26 bits per heavy atom. The summed E-state index contributed by atoms with van der Waals surface area (Å²) in [6.45, 7) is 10.3. The van der Waals surface area contributed by atoms with E-state index in [4.69, 9.17) is 9.47 Å². The van der Waals surface area contributed by atoms with Crippen molar-refractivity contribution in [3.8, 4) is 5.75 Å². The fourth-order valence-corrected chi connectivity index (χ4v) is 2.92. The first kappa shape index (κ1) is 14.4. The van der Waals surface area contributed by atoms with E-state index >= 15 is 0 Å². The summed E-state index contributed by atoms with van der Waals surface area (Å²) in [7, 11) is 3.74. The van der Waals surface area contributed by atoms with E-state index in [1.807, 2.05) is 7.05 Å². The van der Waals surface area contributed by atoms with Crippen molar-refractivity contribution in [2.75, 3.05) is 27.4 Å². The van der Waals surface area contributed by atoms with E-state index in [0.717, 1.165) is 19.0 Å². The molecule has 1 heterocycles. The molecule has 1 fully saturated rings. The Morgan fingerprint density at radius 2 is 1.84 bits per heavy atom. The van der Waals surface area contributed by atoms with Crippen LogP contribution in [0.3, 0.4) is 0 Å². The quantitative estimate of drug-likeness (QED) is 0.905. The van der Waals surface area contributed by atoms with Crippen LogP contribution in [-0.4, -0.2) is 32.9 Å². The number of methoxy groups -OCH3 is 1. The van der Waals surface area contributed by atoms with Crippen LogP contribution in [0.25, 0.3) is 0 Å². The van der Waals surface area contributed by atoms with Crippen LogP contribution in [-0.2, 0) is 10.2 Å². The van der Waals surface area contributed by atoms with Gasteiger partial charge < -0.3 is 14.8 Å². The van der Waals surface area contributed by atoms with Crippen LogP contribution in [0.4, 0.5) is 0 Å². The molecule has 106 valence electrons. The van der Waals surface area contributed by atoms with E-state index in [9.17, 15) is 0 Å². The first-order valence-corrected chi connectivity index (χ1v) is 6.80. The van der Waals surface area contributed by atoms with Crippen molar-refractivity contribution in [1.29, 1.82) is 0 Å². The first-order valence-electron chi connectivity index (χ1n) is 6.80. The maximum absolute atomic E-state index is 5.56. The second-order valence-electron chi connectivity index (χ2n) is 6.09. The smallest absolute Gasteiger partial charge is 0.122 e. The van der Waals surface area contributed by atoms with Crippen molar-refractivity contribution in [2.45, 2.75) is 38.6 Å². The number of hydrogen-bond donors (Lipinski definition) is 1. The molecular weight excluding hydrogens is 238 g/mol. The molecule has 1 aliphatic rings. The molecule has 1 saturated heterocycles. The second-order valence-corrected chi connectivity index (χ2v) is 6.09. The monoisotopic (exact) mass is 263 g/mol. The second kappa shape index (κ2) is 4.80. The topological polar surface area (TPSA) is 30.5 Å². The number of benzene rings is 1. The Morgan fingerprint density at radius 1 is 1.21 bits per heavy atom. The van der Waals surface area contributed by atoms with Crippen LogP contribution < -0.4 is 10.1 Å². The minimum atomic E-state index is -0.00294. The van der Waals surface area contributed by atoms with Gasteiger partial charge in [-0.25, -0.2) is 0 Å². The molecule has 2 rings (SSSR count). The Bertz CT molecular complexity index is 476. The number of aryl methyl sites for hydroxylation is 2. The van der Waals surface area contributed by atoms with E-state index in [1.165, 1.54) is 16.7 Å². The van der Waals surface area contributed by atoms with Crippen molar-refractivity contribution in [1.82, 2.24) is 5.32 Å². The Balaban J connectivity index is 2.54. The van der Waals surface area contributed by atoms with E-state index in [2.05, 4.69) is 45.1 Å². The van der Waals surface area contributed by atoms with E-state index < -0.39 is 0 Å². The van der Waals surface area contributed by atoms with E-state index in [0.29, 0.717) is 0 Å². The highest BCUT2D eigenvalue weighted by atomic mass is 16.5. The number of rotatable bonds is 4. The number of hydrogen-bond acceptors (Lipinski definition) is 3. The minimum Gasteiger partial charge on any atom is -0.496 e. The minimum absolute atomic E-state index is 0.00294. The maximum atomic E-state index is 5.56. The third-order valence-electron chi connectivity index (χ3n) is 4.78. The SMILES string of the molecule is CNC(C)(C)C1(c2cc(C)c(OC)cc2C)COC1. The van der Waals surface area contributed by atoms with Gasteiger partial charge in [-0.15, -0.1) is 0 Å². The van der Waals surface area contributed by atoms with Gasteiger partial charge in [0.1, 0.15) is 5.75 Å². The number of likely N-dealkylation sites (N-methyl/N-ethyl adjacent to an activating group) is 1. The van der Waals surface area contributed by atoms with Crippen molar-refractivity contribution in [2.24, 2.45) is 0 Å². The highest BCUT2D eigenvalue weighted by Crippen LogP contribution is 2.44. The van der Waals surface area contributed by atoms with Crippen molar-refractivity contribution in [3.05, 3.63) is 28.8 Å². The van der Waals surface area contributed by atoms with Gasteiger partial charge in [-0.1, -0.05) is 6.07 Å². The average Bonchev–Trinajstić information content (AvgIpc) is 2.31. The third kappa shape index (κ3) is 2.05. The summed E-state index contributed by atoms with van der Waals surface area (Å²) in [5.41, 5.74) is 3.87. The molecule has 1 aromatic carbocycles. The maximum Gasteiger partial charge on any atom is 0.122 e. The zero-order chi connectivity index (χ0) is 14.3. The Kier molecular flexibility index (Phi) is 3.63. The van der Waals surface area contributed by atoms with Crippen molar-refractivity contribution in [3.63, 3.8) is 0 Å². The molecule has 1 N–H and O–H groups in total. The predicted octanol–water partition coefficient (Wildman–Crippen LogP) is 2.58. The van der Waals surface area contributed by atoms with Crippen LogP contribution >= 0.6 is 0 Å². The summed E-state index contributed by atoms with van der Waals surface area (Å²) in [4.78, 5) is 0. The van der Waals surface area contributed by atoms with Gasteiger partial charge in [0.25, 0.3) is 0 Å². The van der Waals surface area contributed by atoms with Crippen molar-refractivity contribution < 1.29 is 9.47 Å². The standard InChI is InChI=1S/C16H25NO2/c1-11-8-14(18-6)12(2)7-13(11)16(9-19-10-16)15(3,4)17-5/h7-8,17H,9-10H2,1-6H3. The van der Waals surface area contributed by atoms with E-state index in [-0.39, 0.29) is 11.0 Å². The highest BCUT2D eigenvalue weighted by Gasteiger charge is 2.52. The summed E-state index contributed by atoms with van der Waals surface area (Å²) < 4.78 is 11.0. The Labute approximate surface area is 116 Å². The normalized spacial score (nSPS) is 18.0. The lowest BCUT2D eigenvalue weighted by Gasteiger charge is -2.53. The molecular formula is C16H25NO2. The first-order chi connectivity index (χ1) is 8.88. The van der Waals surface area contributed by atoms with E-state index in [1.54, 1.807) is 7.11 Å². The lowest BCUT2D eigenvalue weighted by Crippen LogP contribution is -2.66. The summed E-state index contributed by atoms with van der Waals surface area (Å²) in [6, 6.07) is 4.40. The van der Waals surface area contributed by atoms with Gasteiger partial charge in [0.2, 0.25) is 0 Å². The molecule has 3 nitrogen and oxygen atoms in total. The van der Waals surface area contributed by atoms with Crippen LogP contribution in [0.1, 0.15) is 30.5 Å². The molecule has 0 amide bonds. The molecule has 0 atom stereocenters. The highest BCUT2D eigenvalue weighted by molar-refractivity contribution is 5.47. The van der Waals surface area contributed by atoms with Gasteiger partial charge >= 0.3 is 0 Å². The molecule has 0 unspecified atom stereocenters. The lowest BCUT2D eigenvalue weighted by atomic mass is 9.64. The lowest BCUT2D eigenvalue weighted by molar-refractivity contribution is -0.0994. The molecule has 1 aromatic rings. The summed E-state index contributed by atoms with van der Waals surface area (Å²) in [5, 5.41) is 3.45. The number of ether oxygens (including phenoxy) is 2. The molecule has 0 saturated carbocycles. The van der Waals surface area contributed by atoms with Crippen LogP contribution in [0, 0.1) is 13.8 Å². The third-order valence-corrected chi connectivity index (χ3v) is 4.78. The molecule has 0 spiro atoms. The zero-order valence-corrected chi connectivity index (χ0v) is 12.9. The van der Waals surface area contributed by atoms with Gasteiger partial charge in [0.15, 0.2) is 0 Å². The van der Waals surface area contributed by atoms with Crippen LogP contribution in [0.5, 0.6) is 5.75 Å². The summed E-state index contributed by atoms with van der Waals surface area (Å²) >= 11 is 0. The molecule has 0 bridgehead atoms. The van der Waals surface area contributed by atoms with Gasteiger partial charge in [-0.05, 0) is 57.5 Å². The van der Waals surface area contributed by atoms with Crippen LogP contribution in [0.2, 0.25) is 0 Å². The van der Waals surface area contributed by atoms with Gasteiger partial charge in [-0.2, -0.15) is 0 Å².